The first kappa shape index (κ1) is 11.1. The molecule has 1 fully saturated rings. The zero-order chi connectivity index (χ0) is 10.9. The summed E-state index contributed by atoms with van der Waals surface area (Å²) in [6, 6.07) is 0. The second-order valence-corrected chi connectivity index (χ2v) is 5.55. The molecule has 1 saturated carbocycles. The van der Waals surface area contributed by atoms with Gasteiger partial charge in [0.2, 0.25) is 5.28 Å². The molecular weight excluding hydrogens is 277 g/mol. The third-order valence-corrected chi connectivity index (χ3v) is 3.72. The molecule has 0 radical (unpaired) electrons. The fourth-order valence-corrected chi connectivity index (χ4v) is 2.19. The molecule has 0 amide bonds. The summed E-state index contributed by atoms with van der Waals surface area (Å²) in [4.78, 5) is 8.02. The summed E-state index contributed by atoms with van der Waals surface area (Å²) < 4.78 is 0.856. The summed E-state index contributed by atoms with van der Waals surface area (Å²) in [5, 5.41) is 3.59. The first-order chi connectivity index (χ1) is 7.09. The number of aromatic nitrogens is 2. The zero-order valence-corrected chi connectivity index (χ0v) is 10.9. The molecule has 0 atom stereocenters. The molecule has 1 aromatic rings. The van der Waals surface area contributed by atoms with E-state index in [0.717, 1.165) is 16.8 Å². The third-order valence-electron chi connectivity index (χ3n) is 2.96. The van der Waals surface area contributed by atoms with E-state index in [2.05, 4.69) is 38.1 Å². The van der Waals surface area contributed by atoms with Crippen LogP contribution in [0.1, 0.15) is 26.2 Å². The van der Waals surface area contributed by atoms with Crippen LogP contribution >= 0.6 is 27.5 Å². The SMILES string of the molecule is CC1(CNc2nc(Cl)ncc2Br)CCC1. The van der Waals surface area contributed by atoms with Crippen LogP contribution in [-0.2, 0) is 0 Å². The predicted octanol–water partition coefficient (Wildman–Crippen LogP) is 3.49. The van der Waals surface area contributed by atoms with E-state index in [0.29, 0.717) is 5.41 Å². The fraction of sp³-hybridized carbons (Fsp3) is 0.600. The summed E-state index contributed by atoms with van der Waals surface area (Å²) in [6.07, 6.45) is 5.58. The fourth-order valence-electron chi connectivity index (χ4n) is 1.72. The van der Waals surface area contributed by atoms with Gasteiger partial charge < -0.3 is 5.32 Å². The van der Waals surface area contributed by atoms with E-state index in [-0.39, 0.29) is 5.28 Å². The van der Waals surface area contributed by atoms with Crippen molar-refractivity contribution in [2.45, 2.75) is 26.2 Å². The highest BCUT2D eigenvalue weighted by molar-refractivity contribution is 9.10. The van der Waals surface area contributed by atoms with Crippen LogP contribution in [0.25, 0.3) is 0 Å². The molecule has 1 aliphatic carbocycles. The molecule has 1 heterocycles. The Hall–Kier alpha value is -0.350. The lowest BCUT2D eigenvalue weighted by molar-refractivity contribution is 0.180. The van der Waals surface area contributed by atoms with Gasteiger partial charge in [0.15, 0.2) is 0 Å². The second-order valence-electron chi connectivity index (χ2n) is 4.35. The molecule has 0 spiro atoms. The molecule has 1 aromatic heterocycles. The molecule has 0 aliphatic heterocycles. The topological polar surface area (TPSA) is 37.8 Å². The standard InChI is InChI=1S/C10H13BrClN3/c1-10(3-2-4-10)6-14-8-7(11)5-13-9(12)15-8/h5H,2-4,6H2,1H3,(H,13,14,15). The lowest BCUT2D eigenvalue weighted by Gasteiger charge is -2.38. The van der Waals surface area contributed by atoms with Crippen molar-refractivity contribution in [3.63, 3.8) is 0 Å². The maximum atomic E-state index is 5.73. The Labute approximate surface area is 103 Å². The van der Waals surface area contributed by atoms with Crippen LogP contribution in [0.4, 0.5) is 5.82 Å². The molecule has 1 N–H and O–H groups in total. The molecule has 0 aromatic carbocycles. The van der Waals surface area contributed by atoms with Crippen LogP contribution in [0, 0.1) is 5.41 Å². The predicted molar refractivity (Wildman–Crippen MR) is 65.2 cm³/mol. The largest absolute Gasteiger partial charge is 0.368 e. The highest BCUT2D eigenvalue weighted by atomic mass is 79.9. The zero-order valence-electron chi connectivity index (χ0n) is 8.56. The van der Waals surface area contributed by atoms with E-state index in [1.54, 1.807) is 6.20 Å². The van der Waals surface area contributed by atoms with Gasteiger partial charge in [0.25, 0.3) is 0 Å². The minimum atomic E-state index is 0.277. The summed E-state index contributed by atoms with van der Waals surface area (Å²) in [6.45, 7) is 3.24. The Balaban J connectivity index is 2.01. The first-order valence-electron chi connectivity index (χ1n) is 5.01. The Morgan fingerprint density at radius 2 is 2.33 bits per heavy atom. The van der Waals surface area contributed by atoms with Gasteiger partial charge in [0, 0.05) is 12.7 Å². The van der Waals surface area contributed by atoms with Crippen molar-refractivity contribution in [2.75, 3.05) is 11.9 Å². The first-order valence-corrected chi connectivity index (χ1v) is 6.18. The molecule has 82 valence electrons. The number of nitrogens with zero attached hydrogens (tertiary/aromatic N) is 2. The summed E-state index contributed by atoms with van der Waals surface area (Å²) >= 11 is 9.12. The van der Waals surface area contributed by atoms with Gasteiger partial charge in [-0.3, -0.25) is 0 Å². The van der Waals surface area contributed by atoms with Crippen LogP contribution in [-0.4, -0.2) is 16.5 Å². The highest BCUT2D eigenvalue weighted by Gasteiger charge is 2.31. The number of halogens is 2. The molecule has 15 heavy (non-hydrogen) atoms. The summed E-state index contributed by atoms with van der Waals surface area (Å²) in [5.74, 6) is 0.781. The molecular formula is C10H13BrClN3. The van der Waals surface area contributed by atoms with Crippen molar-refractivity contribution in [2.24, 2.45) is 5.41 Å². The van der Waals surface area contributed by atoms with Gasteiger partial charge in [0.1, 0.15) is 5.82 Å². The molecule has 0 bridgehead atoms. The van der Waals surface area contributed by atoms with Crippen molar-refractivity contribution >= 4 is 33.3 Å². The van der Waals surface area contributed by atoms with E-state index >= 15 is 0 Å². The minimum absolute atomic E-state index is 0.277. The third kappa shape index (κ3) is 2.61. The smallest absolute Gasteiger partial charge is 0.224 e. The van der Waals surface area contributed by atoms with Gasteiger partial charge in [-0.25, -0.2) is 4.98 Å². The van der Waals surface area contributed by atoms with E-state index in [4.69, 9.17) is 11.6 Å². The molecule has 5 heteroatoms. The minimum Gasteiger partial charge on any atom is -0.368 e. The van der Waals surface area contributed by atoms with Gasteiger partial charge in [0.05, 0.1) is 4.47 Å². The number of hydrogen-bond donors (Lipinski definition) is 1. The van der Waals surface area contributed by atoms with E-state index in [1.165, 1.54) is 19.3 Å². The lowest BCUT2D eigenvalue weighted by Crippen LogP contribution is -2.33. The van der Waals surface area contributed by atoms with Crippen molar-refractivity contribution in [1.82, 2.24) is 9.97 Å². The van der Waals surface area contributed by atoms with Crippen molar-refractivity contribution in [3.05, 3.63) is 16.0 Å². The van der Waals surface area contributed by atoms with E-state index < -0.39 is 0 Å². The lowest BCUT2D eigenvalue weighted by atomic mass is 9.70. The van der Waals surface area contributed by atoms with Crippen molar-refractivity contribution in [1.29, 1.82) is 0 Å². The number of hydrogen-bond acceptors (Lipinski definition) is 3. The van der Waals surface area contributed by atoms with Gasteiger partial charge in [-0.1, -0.05) is 13.3 Å². The average molecular weight is 291 g/mol. The molecule has 1 aliphatic rings. The molecule has 2 rings (SSSR count). The maximum absolute atomic E-state index is 5.73. The number of rotatable bonds is 3. The van der Waals surface area contributed by atoms with Gasteiger partial charge in [-0.2, -0.15) is 4.98 Å². The number of anilines is 1. The van der Waals surface area contributed by atoms with Gasteiger partial charge in [-0.15, -0.1) is 0 Å². The molecule has 0 saturated heterocycles. The Bertz CT molecular complexity index is 366. The molecule has 3 nitrogen and oxygen atoms in total. The van der Waals surface area contributed by atoms with E-state index in [1.807, 2.05) is 0 Å². The Kier molecular flexibility index (Phi) is 3.16. The summed E-state index contributed by atoms with van der Waals surface area (Å²) in [7, 11) is 0. The summed E-state index contributed by atoms with van der Waals surface area (Å²) in [5.41, 5.74) is 0.427. The van der Waals surface area contributed by atoms with Gasteiger partial charge in [-0.05, 0) is 45.8 Å². The monoisotopic (exact) mass is 289 g/mol. The van der Waals surface area contributed by atoms with Crippen LogP contribution in [0.5, 0.6) is 0 Å². The van der Waals surface area contributed by atoms with Crippen LogP contribution in [0.3, 0.4) is 0 Å². The van der Waals surface area contributed by atoms with Gasteiger partial charge >= 0.3 is 0 Å². The van der Waals surface area contributed by atoms with Crippen LogP contribution < -0.4 is 5.32 Å². The van der Waals surface area contributed by atoms with Crippen molar-refractivity contribution in [3.8, 4) is 0 Å². The second kappa shape index (κ2) is 4.26. The molecule has 0 unspecified atom stereocenters. The number of nitrogens with one attached hydrogen (secondary N) is 1. The maximum Gasteiger partial charge on any atom is 0.224 e. The van der Waals surface area contributed by atoms with E-state index in [9.17, 15) is 0 Å². The van der Waals surface area contributed by atoms with Crippen LogP contribution in [0.2, 0.25) is 5.28 Å². The normalized spacial score (nSPS) is 18.3. The average Bonchev–Trinajstić information content (AvgIpc) is 2.17. The highest BCUT2D eigenvalue weighted by Crippen LogP contribution is 2.40. The quantitative estimate of drug-likeness (QED) is 0.866. The Morgan fingerprint density at radius 1 is 1.60 bits per heavy atom. The van der Waals surface area contributed by atoms with Crippen molar-refractivity contribution < 1.29 is 0 Å². The Morgan fingerprint density at radius 3 is 2.93 bits per heavy atom. The van der Waals surface area contributed by atoms with Crippen LogP contribution in [0.15, 0.2) is 10.7 Å².